The second-order valence-corrected chi connectivity index (χ2v) is 5.38. The Morgan fingerprint density at radius 2 is 2.05 bits per heavy atom. The van der Waals surface area contributed by atoms with Gasteiger partial charge in [-0.05, 0) is 31.9 Å². The highest BCUT2D eigenvalue weighted by molar-refractivity contribution is 6.32. The molecule has 0 fully saturated rings. The number of halogens is 1. The van der Waals surface area contributed by atoms with Crippen LogP contribution in [-0.2, 0) is 9.53 Å². The van der Waals surface area contributed by atoms with Crippen molar-refractivity contribution in [2.45, 2.75) is 45.6 Å². The van der Waals surface area contributed by atoms with E-state index in [9.17, 15) is 4.79 Å². The summed E-state index contributed by atoms with van der Waals surface area (Å²) in [6, 6.07) is 5.12. The summed E-state index contributed by atoms with van der Waals surface area (Å²) in [6.45, 7) is 6.26. The zero-order valence-corrected chi connectivity index (χ0v) is 13.8. The summed E-state index contributed by atoms with van der Waals surface area (Å²) in [5.41, 5.74) is -1.02. The van der Waals surface area contributed by atoms with Crippen molar-refractivity contribution < 1.29 is 19.0 Å². The third kappa shape index (κ3) is 4.81. The number of carbonyl (C=O) groups is 1. The van der Waals surface area contributed by atoms with Gasteiger partial charge >= 0.3 is 5.97 Å². The Hall–Kier alpha value is -1.42. The summed E-state index contributed by atoms with van der Waals surface area (Å²) in [6.07, 6.45) is 2.49. The molecule has 0 heterocycles. The minimum absolute atomic E-state index is 0.409. The molecule has 0 spiro atoms. The van der Waals surface area contributed by atoms with E-state index in [0.717, 1.165) is 12.8 Å². The van der Waals surface area contributed by atoms with Crippen LogP contribution in [0.15, 0.2) is 18.2 Å². The van der Waals surface area contributed by atoms with Gasteiger partial charge in [-0.15, -0.1) is 0 Å². The van der Waals surface area contributed by atoms with Crippen LogP contribution in [0.4, 0.5) is 0 Å². The van der Waals surface area contributed by atoms with Crippen LogP contribution in [0.2, 0.25) is 5.02 Å². The number of carbonyl (C=O) groups excluding carboxylic acids is 1. The summed E-state index contributed by atoms with van der Waals surface area (Å²) < 4.78 is 16.2. The predicted octanol–water partition coefficient (Wildman–Crippen LogP) is 4.24. The molecule has 0 saturated carbocycles. The zero-order chi connectivity index (χ0) is 15.9. The van der Waals surface area contributed by atoms with Gasteiger partial charge in [0.25, 0.3) is 0 Å². The molecule has 0 aliphatic carbocycles. The molecule has 0 N–H and O–H groups in total. The first-order chi connectivity index (χ1) is 9.96. The molecule has 5 heteroatoms. The fourth-order valence-electron chi connectivity index (χ4n) is 1.72. The highest BCUT2D eigenvalue weighted by atomic mass is 35.5. The molecule has 21 heavy (non-hydrogen) atoms. The second-order valence-electron chi connectivity index (χ2n) is 4.97. The average molecular weight is 315 g/mol. The molecule has 0 saturated heterocycles. The number of ether oxygens (including phenoxy) is 3. The van der Waals surface area contributed by atoms with E-state index in [1.807, 2.05) is 6.92 Å². The van der Waals surface area contributed by atoms with E-state index in [1.54, 1.807) is 25.1 Å². The third-order valence-electron chi connectivity index (χ3n) is 3.29. The number of rotatable bonds is 8. The number of hydrogen-bond donors (Lipinski definition) is 0. The van der Waals surface area contributed by atoms with E-state index in [-0.39, 0.29) is 0 Å². The lowest BCUT2D eigenvalue weighted by atomic mass is 10.0. The fourth-order valence-corrected chi connectivity index (χ4v) is 1.89. The Balaban J connectivity index is 2.88. The molecular weight excluding hydrogens is 292 g/mol. The van der Waals surface area contributed by atoms with Gasteiger partial charge in [-0.3, -0.25) is 0 Å². The Morgan fingerprint density at radius 1 is 1.33 bits per heavy atom. The Bertz CT molecular complexity index is 475. The molecule has 0 bridgehead atoms. The molecule has 4 nitrogen and oxygen atoms in total. The van der Waals surface area contributed by atoms with Crippen molar-refractivity contribution in [1.82, 2.24) is 0 Å². The van der Waals surface area contributed by atoms with Crippen LogP contribution in [0.3, 0.4) is 0 Å². The number of esters is 1. The molecule has 1 atom stereocenters. The summed E-state index contributed by atoms with van der Waals surface area (Å²) >= 11 is 6.10. The lowest BCUT2D eigenvalue weighted by Crippen LogP contribution is -2.41. The van der Waals surface area contributed by atoms with E-state index in [2.05, 4.69) is 6.92 Å². The van der Waals surface area contributed by atoms with Crippen molar-refractivity contribution >= 4 is 17.6 Å². The maximum atomic E-state index is 11.8. The molecular formula is C16H23ClO4. The third-order valence-corrected chi connectivity index (χ3v) is 3.61. The van der Waals surface area contributed by atoms with E-state index < -0.39 is 11.6 Å². The molecule has 1 rings (SSSR count). The van der Waals surface area contributed by atoms with Crippen LogP contribution < -0.4 is 9.47 Å². The van der Waals surface area contributed by atoms with Crippen LogP contribution >= 0.6 is 11.6 Å². The monoisotopic (exact) mass is 314 g/mol. The molecule has 1 aromatic carbocycles. The first kappa shape index (κ1) is 17.6. The Kier molecular flexibility index (Phi) is 6.82. The normalized spacial score (nSPS) is 13.4. The fraction of sp³-hybridized carbons (Fsp3) is 0.562. The molecule has 0 radical (unpaired) electrons. The first-order valence-corrected chi connectivity index (χ1v) is 7.54. The van der Waals surface area contributed by atoms with Gasteiger partial charge in [0.15, 0.2) is 0 Å². The molecule has 0 unspecified atom stereocenters. The molecule has 0 aliphatic heterocycles. The minimum atomic E-state index is -1.02. The summed E-state index contributed by atoms with van der Waals surface area (Å²) in [4.78, 5) is 11.8. The maximum absolute atomic E-state index is 11.8. The van der Waals surface area contributed by atoms with Crippen molar-refractivity contribution in [3.8, 4) is 11.5 Å². The number of benzene rings is 1. The zero-order valence-electron chi connectivity index (χ0n) is 13.1. The summed E-state index contributed by atoms with van der Waals surface area (Å²) in [5.74, 6) is 0.681. The summed E-state index contributed by atoms with van der Waals surface area (Å²) in [7, 11) is 1.35. The number of unbranched alkanes of at least 4 members (excludes halogenated alkanes) is 1. The highest BCUT2D eigenvalue weighted by Crippen LogP contribution is 2.32. The quantitative estimate of drug-likeness (QED) is 0.532. The standard InChI is InChI=1S/C16H23ClO4/c1-5-7-10-20-14-11-12(8-9-13(14)17)21-16(3,6-2)15(18)19-4/h8-9,11H,5-7,10H2,1-4H3/t16-/m1/s1. The van der Waals surface area contributed by atoms with Crippen LogP contribution in [0.5, 0.6) is 11.5 Å². The minimum Gasteiger partial charge on any atom is -0.492 e. The van der Waals surface area contributed by atoms with Crippen LogP contribution in [0.25, 0.3) is 0 Å². The van der Waals surface area contributed by atoms with Gasteiger partial charge in [0.1, 0.15) is 11.5 Å². The predicted molar refractivity (Wildman–Crippen MR) is 83.2 cm³/mol. The van der Waals surface area contributed by atoms with Gasteiger partial charge in [-0.2, -0.15) is 0 Å². The van der Waals surface area contributed by atoms with Crippen molar-refractivity contribution in [2.75, 3.05) is 13.7 Å². The van der Waals surface area contributed by atoms with Gasteiger partial charge in [0.05, 0.1) is 18.7 Å². The van der Waals surface area contributed by atoms with Gasteiger partial charge < -0.3 is 14.2 Å². The molecule has 0 aromatic heterocycles. The maximum Gasteiger partial charge on any atom is 0.349 e. The smallest absolute Gasteiger partial charge is 0.349 e. The molecule has 0 amide bonds. The Labute approximate surface area is 131 Å². The summed E-state index contributed by atoms with van der Waals surface area (Å²) in [5, 5.41) is 0.523. The van der Waals surface area contributed by atoms with Crippen LogP contribution in [0, 0.1) is 0 Å². The van der Waals surface area contributed by atoms with Crippen molar-refractivity contribution in [3.05, 3.63) is 23.2 Å². The number of hydrogen-bond acceptors (Lipinski definition) is 4. The Morgan fingerprint density at radius 3 is 2.62 bits per heavy atom. The van der Waals surface area contributed by atoms with E-state index >= 15 is 0 Å². The molecule has 0 aliphatic rings. The van der Waals surface area contributed by atoms with E-state index in [1.165, 1.54) is 7.11 Å². The van der Waals surface area contributed by atoms with Crippen LogP contribution in [0.1, 0.15) is 40.0 Å². The lowest BCUT2D eigenvalue weighted by molar-refractivity contribution is -0.157. The number of methoxy groups -OCH3 is 1. The van der Waals surface area contributed by atoms with Gasteiger partial charge in [-0.25, -0.2) is 4.79 Å². The van der Waals surface area contributed by atoms with Crippen LogP contribution in [-0.4, -0.2) is 25.3 Å². The highest BCUT2D eigenvalue weighted by Gasteiger charge is 2.35. The largest absolute Gasteiger partial charge is 0.492 e. The molecule has 118 valence electrons. The lowest BCUT2D eigenvalue weighted by Gasteiger charge is -2.26. The molecule has 1 aromatic rings. The topological polar surface area (TPSA) is 44.8 Å². The SMILES string of the molecule is CCCCOc1cc(O[C@](C)(CC)C(=O)OC)ccc1Cl. The average Bonchev–Trinajstić information content (AvgIpc) is 2.49. The van der Waals surface area contributed by atoms with E-state index in [4.69, 9.17) is 25.8 Å². The van der Waals surface area contributed by atoms with Gasteiger partial charge in [0.2, 0.25) is 5.60 Å². The van der Waals surface area contributed by atoms with E-state index in [0.29, 0.717) is 29.5 Å². The van der Waals surface area contributed by atoms with Crippen molar-refractivity contribution in [3.63, 3.8) is 0 Å². The van der Waals surface area contributed by atoms with Gasteiger partial charge in [-0.1, -0.05) is 31.9 Å². The van der Waals surface area contributed by atoms with Crippen molar-refractivity contribution in [2.24, 2.45) is 0 Å². The first-order valence-electron chi connectivity index (χ1n) is 7.16. The van der Waals surface area contributed by atoms with Crippen molar-refractivity contribution in [1.29, 1.82) is 0 Å². The second kappa shape index (κ2) is 8.13. The van der Waals surface area contributed by atoms with Gasteiger partial charge in [0, 0.05) is 6.07 Å².